The van der Waals surface area contributed by atoms with Gasteiger partial charge in [0.2, 0.25) is 11.8 Å². The van der Waals surface area contributed by atoms with Crippen LogP contribution in [-0.2, 0) is 9.59 Å². The van der Waals surface area contributed by atoms with Crippen molar-refractivity contribution >= 4 is 17.5 Å². The molecule has 1 aliphatic heterocycles. The first-order chi connectivity index (χ1) is 14.5. The zero-order valence-electron chi connectivity index (χ0n) is 18.0. The summed E-state index contributed by atoms with van der Waals surface area (Å²) < 4.78 is 14.0. The molecule has 0 spiro atoms. The van der Waals surface area contributed by atoms with Crippen LogP contribution in [0.5, 0.6) is 0 Å². The van der Waals surface area contributed by atoms with Crippen LogP contribution in [0.15, 0.2) is 35.9 Å². The van der Waals surface area contributed by atoms with Gasteiger partial charge in [0.05, 0.1) is 5.69 Å². The van der Waals surface area contributed by atoms with E-state index in [4.69, 9.17) is 0 Å². The molecule has 1 aromatic rings. The monoisotopic (exact) mass is 415 g/mol. The molecule has 164 valence electrons. The molecule has 1 heterocycles. The van der Waals surface area contributed by atoms with Crippen molar-refractivity contribution in [1.29, 1.82) is 0 Å². The lowest BCUT2D eigenvalue weighted by molar-refractivity contribution is -0.132. The Hall–Kier alpha value is -2.37. The fourth-order valence-corrected chi connectivity index (χ4v) is 4.29. The maximum Gasteiger partial charge on any atom is 0.222 e. The molecule has 1 saturated heterocycles. The van der Waals surface area contributed by atoms with Crippen molar-refractivity contribution in [2.45, 2.75) is 51.9 Å². The molecule has 0 aromatic heterocycles. The number of amides is 2. The van der Waals surface area contributed by atoms with Crippen molar-refractivity contribution in [3.8, 4) is 0 Å². The average molecular weight is 416 g/mol. The first-order valence-corrected chi connectivity index (χ1v) is 11.2. The lowest BCUT2D eigenvalue weighted by Crippen LogP contribution is -2.49. The van der Waals surface area contributed by atoms with Crippen LogP contribution in [0.25, 0.3) is 0 Å². The van der Waals surface area contributed by atoms with Gasteiger partial charge in [-0.25, -0.2) is 4.39 Å². The summed E-state index contributed by atoms with van der Waals surface area (Å²) in [6.07, 6.45) is 8.85. The molecule has 3 rings (SSSR count). The van der Waals surface area contributed by atoms with Crippen molar-refractivity contribution in [2.75, 3.05) is 37.6 Å². The summed E-state index contributed by atoms with van der Waals surface area (Å²) in [6, 6.07) is 6.75. The van der Waals surface area contributed by atoms with Gasteiger partial charge < -0.3 is 15.1 Å². The van der Waals surface area contributed by atoms with Gasteiger partial charge in [0.1, 0.15) is 5.82 Å². The smallest absolute Gasteiger partial charge is 0.222 e. The Morgan fingerprint density at radius 1 is 1.10 bits per heavy atom. The number of hydrogen-bond acceptors (Lipinski definition) is 3. The van der Waals surface area contributed by atoms with Gasteiger partial charge in [0, 0.05) is 45.6 Å². The number of allylic oxidation sites excluding steroid dienone is 1. The number of carbonyl (C=O) groups excluding carboxylic acids is 2. The summed E-state index contributed by atoms with van der Waals surface area (Å²) >= 11 is 0. The molecule has 1 fully saturated rings. The largest absolute Gasteiger partial charge is 0.366 e. The van der Waals surface area contributed by atoms with Crippen molar-refractivity contribution < 1.29 is 14.0 Å². The van der Waals surface area contributed by atoms with Crippen molar-refractivity contribution in [1.82, 2.24) is 10.2 Å². The average Bonchev–Trinajstić information content (AvgIpc) is 2.75. The molecule has 0 saturated carbocycles. The molecule has 1 atom stereocenters. The fraction of sp³-hybridized carbons (Fsp3) is 0.583. The lowest BCUT2D eigenvalue weighted by atomic mass is 9.97. The highest BCUT2D eigenvalue weighted by molar-refractivity contribution is 5.79. The number of halogens is 1. The highest BCUT2D eigenvalue weighted by Crippen LogP contribution is 2.21. The van der Waals surface area contributed by atoms with Crippen LogP contribution >= 0.6 is 0 Å². The van der Waals surface area contributed by atoms with Gasteiger partial charge in [-0.05, 0) is 50.2 Å². The van der Waals surface area contributed by atoms with E-state index in [0.29, 0.717) is 51.3 Å². The van der Waals surface area contributed by atoms with Crippen LogP contribution in [0.1, 0.15) is 51.9 Å². The Bertz CT molecular complexity index is 757. The Kier molecular flexibility index (Phi) is 8.29. The Morgan fingerprint density at radius 2 is 1.87 bits per heavy atom. The predicted octanol–water partition coefficient (Wildman–Crippen LogP) is 3.90. The van der Waals surface area contributed by atoms with E-state index in [1.165, 1.54) is 24.5 Å². The minimum absolute atomic E-state index is 0.0102. The van der Waals surface area contributed by atoms with E-state index < -0.39 is 0 Å². The van der Waals surface area contributed by atoms with Crippen molar-refractivity contribution in [2.24, 2.45) is 5.92 Å². The molecule has 1 N–H and O–H groups in total. The third-order valence-corrected chi connectivity index (χ3v) is 6.04. The quantitative estimate of drug-likeness (QED) is 0.655. The maximum atomic E-state index is 14.0. The number of rotatable bonds is 8. The predicted molar refractivity (Wildman–Crippen MR) is 118 cm³/mol. The molecule has 30 heavy (non-hydrogen) atoms. The van der Waals surface area contributed by atoms with E-state index in [9.17, 15) is 14.0 Å². The highest BCUT2D eigenvalue weighted by atomic mass is 19.1. The topological polar surface area (TPSA) is 52.7 Å². The number of nitrogens with zero attached hydrogens (tertiary/aromatic N) is 2. The molecule has 6 heteroatoms. The maximum absolute atomic E-state index is 14.0. The molecule has 5 nitrogen and oxygen atoms in total. The third kappa shape index (κ3) is 6.57. The molecule has 0 bridgehead atoms. The summed E-state index contributed by atoms with van der Waals surface area (Å²) in [5, 5.41) is 3.00. The van der Waals surface area contributed by atoms with Crippen LogP contribution in [-0.4, -0.2) is 49.4 Å². The Balaban J connectivity index is 1.34. The zero-order chi connectivity index (χ0) is 21.3. The molecule has 2 aliphatic rings. The SMILES string of the molecule is C[C@H](CC(=O)NCCC1=CCCCC1)CC(=O)N1CCN(c2ccccc2F)CC1. The molecule has 0 radical (unpaired) electrons. The van der Waals surface area contributed by atoms with E-state index in [1.54, 1.807) is 12.1 Å². The minimum Gasteiger partial charge on any atom is -0.366 e. The number of hydrogen-bond donors (Lipinski definition) is 1. The van der Waals surface area contributed by atoms with Gasteiger partial charge in [-0.15, -0.1) is 0 Å². The first-order valence-electron chi connectivity index (χ1n) is 11.2. The molecule has 1 aliphatic carbocycles. The minimum atomic E-state index is -0.225. The van der Waals surface area contributed by atoms with Crippen molar-refractivity contribution in [3.63, 3.8) is 0 Å². The number of piperazine rings is 1. The van der Waals surface area contributed by atoms with Crippen LogP contribution in [0.2, 0.25) is 0 Å². The molecular weight excluding hydrogens is 381 g/mol. The zero-order valence-corrected chi connectivity index (χ0v) is 18.0. The molecule has 2 amide bonds. The van der Waals surface area contributed by atoms with E-state index in [0.717, 1.165) is 19.3 Å². The van der Waals surface area contributed by atoms with Crippen LogP contribution in [0, 0.1) is 11.7 Å². The van der Waals surface area contributed by atoms with Crippen LogP contribution < -0.4 is 10.2 Å². The molecule has 0 unspecified atom stereocenters. The normalized spacial score (nSPS) is 18.0. The Labute approximate surface area is 179 Å². The van der Waals surface area contributed by atoms with Gasteiger partial charge in [0.15, 0.2) is 0 Å². The van der Waals surface area contributed by atoms with E-state index in [1.807, 2.05) is 22.8 Å². The summed E-state index contributed by atoms with van der Waals surface area (Å²) in [5.74, 6) is -0.111. The summed E-state index contributed by atoms with van der Waals surface area (Å²) in [7, 11) is 0. The molecular formula is C24H34FN3O2. The Morgan fingerprint density at radius 3 is 2.57 bits per heavy atom. The number of nitrogens with one attached hydrogen (secondary N) is 1. The number of benzene rings is 1. The third-order valence-electron chi connectivity index (χ3n) is 6.04. The fourth-order valence-electron chi connectivity index (χ4n) is 4.29. The molecule has 1 aromatic carbocycles. The highest BCUT2D eigenvalue weighted by Gasteiger charge is 2.24. The standard InChI is InChI=1S/C24H34FN3O2/c1-19(17-23(29)26-12-11-20-7-3-2-4-8-20)18-24(30)28-15-13-27(14-16-28)22-10-6-5-9-21(22)25/h5-7,9-10,19H,2-4,8,11-18H2,1H3,(H,26,29)/t19-/m1/s1. The van der Waals surface area contributed by atoms with E-state index in [2.05, 4.69) is 11.4 Å². The summed E-state index contributed by atoms with van der Waals surface area (Å²) in [4.78, 5) is 28.6. The summed E-state index contributed by atoms with van der Waals surface area (Å²) in [5.41, 5.74) is 2.05. The van der Waals surface area contributed by atoms with Crippen LogP contribution in [0.4, 0.5) is 10.1 Å². The van der Waals surface area contributed by atoms with Gasteiger partial charge >= 0.3 is 0 Å². The second-order valence-corrected chi connectivity index (χ2v) is 8.54. The van der Waals surface area contributed by atoms with Gasteiger partial charge in [-0.3, -0.25) is 9.59 Å². The van der Waals surface area contributed by atoms with Gasteiger partial charge in [-0.1, -0.05) is 30.7 Å². The summed E-state index contributed by atoms with van der Waals surface area (Å²) in [6.45, 7) is 5.05. The van der Waals surface area contributed by atoms with Crippen LogP contribution in [0.3, 0.4) is 0 Å². The number of carbonyl (C=O) groups is 2. The van der Waals surface area contributed by atoms with Gasteiger partial charge in [-0.2, -0.15) is 0 Å². The second kappa shape index (κ2) is 11.1. The van der Waals surface area contributed by atoms with E-state index >= 15 is 0 Å². The lowest BCUT2D eigenvalue weighted by Gasteiger charge is -2.36. The second-order valence-electron chi connectivity index (χ2n) is 8.54. The van der Waals surface area contributed by atoms with Gasteiger partial charge in [0.25, 0.3) is 0 Å². The van der Waals surface area contributed by atoms with E-state index in [-0.39, 0.29) is 23.5 Å². The first kappa shape index (κ1) is 22.3. The van der Waals surface area contributed by atoms with Crippen molar-refractivity contribution in [3.05, 3.63) is 41.7 Å². The number of anilines is 1. The number of para-hydroxylation sites is 1.